The van der Waals surface area contributed by atoms with Crippen LogP contribution >= 0.6 is 0 Å². The Balaban J connectivity index is 2.85. The number of carboxylic acid groups (broad SMARTS) is 1. The molecular weight excluding hydrogens is 244 g/mol. The number of aliphatic hydroxyl groups is 1. The van der Waals surface area contributed by atoms with Crippen molar-refractivity contribution in [3.63, 3.8) is 0 Å². The Morgan fingerprint density at radius 3 is 2.58 bits per heavy atom. The van der Waals surface area contributed by atoms with Crippen molar-refractivity contribution < 1.29 is 15.0 Å². The van der Waals surface area contributed by atoms with Crippen molar-refractivity contribution in [1.82, 2.24) is 9.55 Å². The highest BCUT2D eigenvalue weighted by Gasteiger charge is 2.21. The second-order valence-electron chi connectivity index (χ2n) is 5.00. The Labute approximate surface area is 111 Å². The van der Waals surface area contributed by atoms with Crippen LogP contribution in [0.25, 0.3) is 11.0 Å². The second kappa shape index (κ2) is 5.01. The van der Waals surface area contributed by atoms with Crippen LogP contribution in [-0.2, 0) is 0 Å². The molecule has 0 aliphatic rings. The molecule has 1 unspecified atom stereocenters. The molecule has 0 aliphatic carbocycles. The van der Waals surface area contributed by atoms with Crippen LogP contribution in [0, 0.1) is 0 Å². The van der Waals surface area contributed by atoms with Gasteiger partial charge in [-0.05, 0) is 19.1 Å². The van der Waals surface area contributed by atoms with E-state index in [0.29, 0.717) is 11.0 Å². The topological polar surface area (TPSA) is 75.3 Å². The fourth-order valence-electron chi connectivity index (χ4n) is 2.27. The van der Waals surface area contributed by atoms with Gasteiger partial charge in [0, 0.05) is 5.92 Å². The predicted octanol–water partition coefficient (Wildman–Crippen LogP) is 2.41. The van der Waals surface area contributed by atoms with Crippen LogP contribution in [0.4, 0.5) is 0 Å². The second-order valence-corrected chi connectivity index (χ2v) is 5.00. The van der Waals surface area contributed by atoms with Crippen LogP contribution in [0.5, 0.6) is 0 Å². The minimum atomic E-state index is -0.979. The average molecular weight is 262 g/mol. The highest BCUT2D eigenvalue weighted by molar-refractivity contribution is 6.01. The quantitative estimate of drug-likeness (QED) is 0.887. The number of aromatic nitrogens is 2. The summed E-state index contributed by atoms with van der Waals surface area (Å²) in [5.74, 6) is -0.0273. The standard InChI is InChI=1S/C14H18N2O3/c1-8(2)13-15-11-6-4-5-10(14(18)19)12(11)16(13)9(3)7-17/h4-6,8-9,17H,7H2,1-3H3,(H,18,19). The fourth-order valence-corrected chi connectivity index (χ4v) is 2.27. The molecule has 5 nitrogen and oxygen atoms in total. The monoisotopic (exact) mass is 262 g/mol. The summed E-state index contributed by atoms with van der Waals surface area (Å²) in [4.78, 5) is 15.9. The molecule has 0 saturated heterocycles. The number of carbonyl (C=O) groups is 1. The number of aliphatic hydroxyl groups excluding tert-OH is 1. The van der Waals surface area contributed by atoms with Crippen molar-refractivity contribution >= 4 is 17.0 Å². The van der Waals surface area contributed by atoms with E-state index >= 15 is 0 Å². The first-order valence-electron chi connectivity index (χ1n) is 6.32. The first-order chi connectivity index (χ1) is 8.97. The van der Waals surface area contributed by atoms with E-state index in [-0.39, 0.29) is 24.1 Å². The minimum absolute atomic E-state index is 0.0564. The zero-order chi connectivity index (χ0) is 14.2. The number of rotatable bonds is 4. The lowest BCUT2D eigenvalue weighted by atomic mass is 10.1. The molecule has 2 rings (SSSR count). The Morgan fingerprint density at radius 1 is 1.37 bits per heavy atom. The number of nitrogens with zero attached hydrogens (tertiary/aromatic N) is 2. The number of para-hydroxylation sites is 1. The maximum absolute atomic E-state index is 11.4. The van der Waals surface area contributed by atoms with Crippen LogP contribution in [0.15, 0.2) is 18.2 Å². The van der Waals surface area contributed by atoms with Crippen LogP contribution in [0.1, 0.15) is 48.9 Å². The van der Waals surface area contributed by atoms with Crippen LogP contribution in [-0.4, -0.2) is 32.3 Å². The molecule has 0 bridgehead atoms. The van der Waals surface area contributed by atoms with Crippen molar-refractivity contribution in [3.05, 3.63) is 29.6 Å². The van der Waals surface area contributed by atoms with E-state index in [0.717, 1.165) is 5.82 Å². The maximum Gasteiger partial charge on any atom is 0.337 e. The van der Waals surface area contributed by atoms with Crippen molar-refractivity contribution in [1.29, 1.82) is 0 Å². The van der Waals surface area contributed by atoms with Gasteiger partial charge >= 0.3 is 5.97 Å². The third-order valence-corrected chi connectivity index (χ3v) is 3.19. The first-order valence-corrected chi connectivity index (χ1v) is 6.32. The molecule has 0 aliphatic heterocycles. The summed E-state index contributed by atoms with van der Waals surface area (Å²) in [5.41, 5.74) is 1.46. The molecule has 2 N–H and O–H groups in total. The van der Waals surface area contributed by atoms with Gasteiger partial charge in [-0.25, -0.2) is 9.78 Å². The summed E-state index contributed by atoms with van der Waals surface area (Å²) >= 11 is 0. The largest absolute Gasteiger partial charge is 0.478 e. The lowest BCUT2D eigenvalue weighted by Gasteiger charge is -2.17. The Morgan fingerprint density at radius 2 is 2.05 bits per heavy atom. The van der Waals surface area contributed by atoms with Gasteiger partial charge < -0.3 is 14.8 Å². The zero-order valence-electron chi connectivity index (χ0n) is 11.3. The molecule has 0 spiro atoms. The molecule has 0 amide bonds. The van der Waals surface area contributed by atoms with Gasteiger partial charge in [-0.1, -0.05) is 19.9 Å². The Kier molecular flexibility index (Phi) is 3.57. The van der Waals surface area contributed by atoms with Gasteiger partial charge in [-0.15, -0.1) is 0 Å². The normalized spacial score (nSPS) is 13.1. The van der Waals surface area contributed by atoms with Gasteiger partial charge in [0.25, 0.3) is 0 Å². The average Bonchev–Trinajstić information content (AvgIpc) is 2.76. The van der Waals surface area contributed by atoms with E-state index in [4.69, 9.17) is 0 Å². The fraction of sp³-hybridized carbons (Fsp3) is 0.429. The molecule has 1 aromatic carbocycles. The molecular formula is C14H18N2O3. The van der Waals surface area contributed by atoms with Gasteiger partial charge in [-0.2, -0.15) is 0 Å². The predicted molar refractivity (Wildman–Crippen MR) is 72.6 cm³/mol. The summed E-state index contributed by atoms with van der Waals surface area (Å²) in [7, 11) is 0. The number of carboxylic acids is 1. The summed E-state index contributed by atoms with van der Waals surface area (Å²) in [6.07, 6.45) is 0. The van der Waals surface area contributed by atoms with Gasteiger partial charge in [0.05, 0.1) is 29.2 Å². The number of hydrogen-bond donors (Lipinski definition) is 2. The Hall–Kier alpha value is -1.88. The summed E-state index contributed by atoms with van der Waals surface area (Å²) in [5, 5.41) is 18.7. The van der Waals surface area contributed by atoms with Gasteiger partial charge in [0.2, 0.25) is 0 Å². The molecule has 19 heavy (non-hydrogen) atoms. The highest BCUT2D eigenvalue weighted by atomic mass is 16.4. The molecule has 1 heterocycles. The lowest BCUT2D eigenvalue weighted by Crippen LogP contribution is -2.15. The smallest absolute Gasteiger partial charge is 0.337 e. The molecule has 102 valence electrons. The maximum atomic E-state index is 11.4. The summed E-state index contributed by atoms with van der Waals surface area (Å²) < 4.78 is 1.84. The molecule has 0 fully saturated rings. The number of aromatic carboxylic acids is 1. The van der Waals surface area contributed by atoms with Crippen molar-refractivity contribution in [2.75, 3.05) is 6.61 Å². The molecule has 0 radical (unpaired) electrons. The van der Waals surface area contributed by atoms with Crippen LogP contribution in [0.2, 0.25) is 0 Å². The van der Waals surface area contributed by atoms with Crippen molar-refractivity contribution in [2.45, 2.75) is 32.7 Å². The first kappa shape index (κ1) is 13.5. The highest BCUT2D eigenvalue weighted by Crippen LogP contribution is 2.28. The molecule has 0 saturated carbocycles. The molecule has 1 aromatic heterocycles. The van der Waals surface area contributed by atoms with E-state index in [1.807, 2.05) is 25.3 Å². The van der Waals surface area contributed by atoms with E-state index in [1.165, 1.54) is 0 Å². The van der Waals surface area contributed by atoms with Gasteiger partial charge in [0.1, 0.15) is 5.82 Å². The van der Waals surface area contributed by atoms with E-state index in [9.17, 15) is 15.0 Å². The number of hydrogen-bond acceptors (Lipinski definition) is 3. The van der Waals surface area contributed by atoms with E-state index in [1.54, 1.807) is 18.2 Å². The SMILES string of the molecule is CC(C)c1nc2cccc(C(=O)O)c2n1C(C)CO. The Bertz CT molecular complexity index is 616. The zero-order valence-corrected chi connectivity index (χ0v) is 11.3. The molecule has 2 aromatic rings. The lowest BCUT2D eigenvalue weighted by molar-refractivity contribution is 0.0698. The summed E-state index contributed by atoms with van der Waals surface area (Å²) in [6, 6.07) is 4.85. The third-order valence-electron chi connectivity index (χ3n) is 3.19. The van der Waals surface area contributed by atoms with Crippen LogP contribution in [0.3, 0.4) is 0 Å². The number of fused-ring (bicyclic) bond motifs is 1. The van der Waals surface area contributed by atoms with E-state index in [2.05, 4.69) is 4.98 Å². The minimum Gasteiger partial charge on any atom is -0.478 e. The number of benzene rings is 1. The van der Waals surface area contributed by atoms with Gasteiger partial charge in [0.15, 0.2) is 0 Å². The third kappa shape index (κ3) is 2.21. The van der Waals surface area contributed by atoms with Crippen molar-refractivity contribution in [2.24, 2.45) is 0 Å². The molecule has 5 heteroatoms. The molecule has 1 atom stereocenters. The van der Waals surface area contributed by atoms with E-state index < -0.39 is 5.97 Å². The van der Waals surface area contributed by atoms with Crippen molar-refractivity contribution in [3.8, 4) is 0 Å². The van der Waals surface area contributed by atoms with Gasteiger partial charge in [-0.3, -0.25) is 0 Å². The number of imidazole rings is 1. The van der Waals surface area contributed by atoms with Crippen LogP contribution < -0.4 is 0 Å². The summed E-state index contributed by atoms with van der Waals surface area (Å²) in [6.45, 7) is 5.80.